The van der Waals surface area contributed by atoms with Crippen LogP contribution in [0.2, 0.25) is 0 Å². The highest BCUT2D eigenvalue weighted by atomic mass is 31.2. The number of phosphoric ester groups is 1. The number of quaternary nitrogens is 1. The Morgan fingerprint density at radius 2 is 1.74 bits per heavy atom. The highest BCUT2D eigenvalue weighted by Crippen LogP contribution is 2.39. The second-order valence-corrected chi connectivity index (χ2v) is 6.94. The van der Waals surface area contributed by atoms with E-state index in [4.69, 9.17) is 19.0 Å². The predicted molar refractivity (Wildman–Crippen MR) is 88.7 cm³/mol. The van der Waals surface area contributed by atoms with Gasteiger partial charge in [-0.3, -0.25) is 4.52 Å². The summed E-state index contributed by atoms with van der Waals surface area (Å²) in [6.07, 6.45) is 0.300. The van der Waals surface area contributed by atoms with Crippen LogP contribution in [-0.4, -0.2) is 59.1 Å². The van der Waals surface area contributed by atoms with E-state index < -0.39 is 19.9 Å². The van der Waals surface area contributed by atoms with Crippen molar-refractivity contribution in [2.45, 2.75) is 46.6 Å². The van der Waals surface area contributed by atoms with Gasteiger partial charge in [-0.1, -0.05) is 6.58 Å². The van der Waals surface area contributed by atoms with Crippen molar-refractivity contribution in [1.29, 1.82) is 0 Å². The van der Waals surface area contributed by atoms with Gasteiger partial charge in [-0.2, -0.15) is 0 Å². The Balaban J connectivity index is 4.67. The molecule has 0 heterocycles. The minimum atomic E-state index is -4.55. The van der Waals surface area contributed by atoms with Crippen molar-refractivity contribution in [2.24, 2.45) is 0 Å². The number of carbonyl (C=O) groups is 1. The summed E-state index contributed by atoms with van der Waals surface area (Å²) in [5.74, 6) is -0.460. The summed E-state index contributed by atoms with van der Waals surface area (Å²) in [5, 5.41) is 0. The molecule has 0 rings (SSSR count). The summed E-state index contributed by atoms with van der Waals surface area (Å²) in [7, 11) is -4.55. The molecule has 1 unspecified atom stereocenters. The molecule has 0 saturated heterocycles. The maximum absolute atomic E-state index is 11.3. The Morgan fingerprint density at radius 3 is 2.13 bits per heavy atom. The first-order valence-electron chi connectivity index (χ1n) is 8.00. The molecule has 0 saturated carbocycles. The van der Waals surface area contributed by atoms with Crippen LogP contribution in [0.15, 0.2) is 12.2 Å². The number of hydrogen-bond donors (Lipinski definition) is 2. The van der Waals surface area contributed by atoms with Crippen LogP contribution < -0.4 is 0 Å². The molecule has 0 aliphatic heterocycles. The zero-order valence-electron chi connectivity index (χ0n) is 14.7. The lowest BCUT2D eigenvalue weighted by atomic mass is 10.1. The summed E-state index contributed by atoms with van der Waals surface area (Å²) in [4.78, 5) is 29.5. The largest absolute Gasteiger partial charge is 0.470 e. The number of hydrogen-bond acceptors (Lipinski definition) is 4. The van der Waals surface area contributed by atoms with Crippen LogP contribution in [0.4, 0.5) is 0 Å². The molecule has 0 amide bonds. The van der Waals surface area contributed by atoms with Gasteiger partial charge in [0.05, 0.1) is 26.2 Å². The number of ether oxygens (including phenoxy) is 1. The Labute approximate surface area is 139 Å². The molecule has 0 aliphatic rings. The number of esters is 1. The number of carbonyl (C=O) groups excluding carboxylic acids is 1. The van der Waals surface area contributed by atoms with Crippen LogP contribution in [0.5, 0.6) is 0 Å². The SMILES string of the molecule is C=C(C)C(=O)OCCCC(C[N+](CC)(CC)CC)OP(=O)(O)O. The lowest BCUT2D eigenvalue weighted by Gasteiger charge is -2.38. The second-order valence-electron chi connectivity index (χ2n) is 5.75. The molecule has 0 aromatic carbocycles. The average molecular weight is 352 g/mol. The minimum absolute atomic E-state index is 0.178. The van der Waals surface area contributed by atoms with E-state index in [-0.39, 0.29) is 6.61 Å². The first-order chi connectivity index (χ1) is 10.6. The average Bonchev–Trinajstić information content (AvgIpc) is 2.47. The van der Waals surface area contributed by atoms with E-state index in [0.717, 1.165) is 24.1 Å². The van der Waals surface area contributed by atoms with Crippen molar-refractivity contribution in [3.63, 3.8) is 0 Å². The molecule has 0 radical (unpaired) electrons. The molecule has 0 aromatic rings. The summed E-state index contributed by atoms with van der Waals surface area (Å²) >= 11 is 0. The van der Waals surface area contributed by atoms with Crippen LogP contribution >= 0.6 is 7.82 Å². The second kappa shape index (κ2) is 10.2. The minimum Gasteiger partial charge on any atom is -0.462 e. The smallest absolute Gasteiger partial charge is 0.462 e. The molecular formula is C15H31NO6P+. The Morgan fingerprint density at radius 1 is 1.22 bits per heavy atom. The maximum atomic E-state index is 11.3. The van der Waals surface area contributed by atoms with E-state index in [9.17, 15) is 9.36 Å². The van der Waals surface area contributed by atoms with Gasteiger partial charge in [0.25, 0.3) is 0 Å². The van der Waals surface area contributed by atoms with E-state index in [0.29, 0.717) is 25.0 Å². The lowest BCUT2D eigenvalue weighted by Crippen LogP contribution is -2.52. The zero-order valence-corrected chi connectivity index (χ0v) is 15.6. The van der Waals surface area contributed by atoms with Crippen molar-refractivity contribution in [2.75, 3.05) is 32.8 Å². The number of likely N-dealkylation sites (N-methyl/N-ethyl adjacent to an activating group) is 1. The Hall–Kier alpha value is -0.720. The quantitative estimate of drug-likeness (QED) is 0.184. The Bertz CT molecular complexity index is 421. The highest BCUT2D eigenvalue weighted by Gasteiger charge is 2.31. The zero-order chi connectivity index (χ0) is 18.1. The van der Waals surface area contributed by atoms with Gasteiger partial charge in [0.1, 0.15) is 12.6 Å². The molecule has 136 valence electrons. The van der Waals surface area contributed by atoms with Crippen molar-refractivity contribution in [3.8, 4) is 0 Å². The van der Waals surface area contributed by atoms with Gasteiger partial charge in [0.15, 0.2) is 0 Å². The third kappa shape index (κ3) is 9.23. The lowest BCUT2D eigenvalue weighted by molar-refractivity contribution is -0.925. The van der Waals surface area contributed by atoms with Crippen LogP contribution in [0.1, 0.15) is 40.5 Å². The van der Waals surface area contributed by atoms with Gasteiger partial charge in [-0.25, -0.2) is 9.36 Å². The van der Waals surface area contributed by atoms with Gasteiger partial charge < -0.3 is 19.0 Å². The van der Waals surface area contributed by atoms with Crippen LogP contribution in [0, 0.1) is 0 Å². The molecule has 1 atom stereocenters. The first kappa shape index (κ1) is 22.3. The van der Waals surface area contributed by atoms with Gasteiger partial charge >= 0.3 is 13.8 Å². The monoisotopic (exact) mass is 352 g/mol. The van der Waals surface area contributed by atoms with E-state index in [1.165, 1.54) is 0 Å². The summed E-state index contributed by atoms with van der Waals surface area (Å²) in [6.45, 7) is 14.5. The summed E-state index contributed by atoms with van der Waals surface area (Å²) in [6, 6.07) is 0. The molecule has 0 aliphatic carbocycles. The highest BCUT2D eigenvalue weighted by molar-refractivity contribution is 7.46. The number of rotatable bonds is 12. The van der Waals surface area contributed by atoms with Crippen molar-refractivity contribution < 1.29 is 32.9 Å². The molecule has 0 spiro atoms. The molecular weight excluding hydrogens is 321 g/mol. The summed E-state index contributed by atoms with van der Waals surface area (Å²) < 4.78 is 21.9. The van der Waals surface area contributed by atoms with E-state index in [1.807, 2.05) is 0 Å². The van der Waals surface area contributed by atoms with Gasteiger partial charge in [0, 0.05) is 5.57 Å². The Kier molecular flexibility index (Phi) is 9.89. The third-order valence-electron chi connectivity index (χ3n) is 4.14. The van der Waals surface area contributed by atoms with Gasteiger partial charge in [-0.15, -0.1) is 0 Å². The third-order valence-corrected chi connectivity index (χ3v) is 4.71. The van der Waals surface area contributed by atoms with Crippen LogP contribution in [0.3, 0.4) is 0 Å². The number of phosphoric acid groups is 1. The van der Waals surface area contributed by atoms with Crippen molar-refractivity contribution in [1.82, 2.24) is 0 Å². The molecule has 0 fully saturated rings. The van der Waals surface area contributed by atoms with Crippen molar-refractivity contribution >= 4 is 13.8 Å². The van der Waals surface area contributed by atoms with E-state index in [1.54, 1.807) is 6.92 Å². The molecule has 8 heteroatoms. The van der Waals surface area contributed by atoms with Gasteiger partial charge in [0.2, 0.25) is 0 Å². The first-order valence-corrected chi connectivity index (χ1v) is 9.53. The normalized spacial score (nSPS) is 13.7. The molecule has 23 heavy (non-hydrogen) atoms. The number of nitrogens with zero attached hydrogens (tertiary/aromatic N) is 1. The molecule has 0 aromatic heterocycles. The molecule has 2 N–H and O–H groups in total. The fourth-order valence-corrected chi connectivity index (χ4v) is 3.02. The standard InChI is InChI=1S/C15H30NO6P/c1-6-16(7-2,8-3)12-14(22-23(18,19)20)10-9-11-21-15(17)13(4)5/h14H,4,6-12H2,1-3,5H3,(H-,18,19,20)/p+1. The summed E-state index contributed by atoms with van der Waals surface area (Å²) in [5.41, 5.74) is 0.326. The van der Waals surface area contributed by atoms with Crippen molar-refractivity contribution in [3.05, 3.63) is 12.2 Å². The fraction of sp³-hybridized carbons (Fsp3) is 0.800. The van der Waals surface area contributed by atoms with Crippen LogP contribution in [-0.2, 0) is 18.6 Å². The van der Waals surface area contributed by atoms with E-state index >= 15 is 0 Å². The molecule has 7 nitrogen and oxygen atoms in total. The van der Waals surface area contributed by atoms with Gasteiger partial charge in [-0.05, 0) is 40.5 Å². The predicted octanol–water partition coefficient (Wildman–Crippen LogP) is 2.24. The topological polar surface area (TPSA) is 93.1 Å². The maximum Gasteiger partial charge on any atom is 0.470 e. The van der Waals surface area contributed by atoms with E-state index in [2.05, 4.69) is 27.4 Å². The van der Waals surface area contributed by atoms with Crippen LogP contribution in [0.25, 0.3) is 0 Å². The molecule has 0 bridgehead atoms. The fourth-order valence-electron chi connectivity index (χ4n) is 2.46.